The van der Waals surface area contributed by atoms with E-state index in [2.05, 4.69) is 28.5 Å². The number of phenols is 1. The van der Waals surface area contributed by atoms with Crippen LogP contribution in [0.2, 0.25) is 0 Å². The molecule has 0 bridgehead atoms. The van der Waals surface area contributed by atoms with Gasteiger partial charge in [-0.25, -0.2) is 4.98 Å². The molecule has 4 heteroatoms. The van der Waals surface area contributed by atoms with Crippen LogP contribution in [0, 0.1) is 0 Å². The number of aromatic hydroxyl groups is 1. The molecule has 0 saturated heterocycles. The Morgan fingerprint density at radius 3 is 2.55 bits per heavy atom. The summed E-state index contributed by atoms with van der Waals surface area (Å²) in [5.41, 5.74) is 2.93. The van der Waals surface area contributed by atoms with E-state index in [0.717, 1.165) is 22.7 Å². The van der Waals surface area contributed by atoms with E-state index < -0.39 is 0 Å². The van der Waals surface area contributed by atoms with E-state index in [1.807, 2.05) is 36.5 Å². The zero-order valence-electron chi connectivity index (χ0n) is 11.5. The number of nitrogens with one attached hydrogen (secondary N) is 1. The summed E-state index contributed by atoms with van der Waals surface area (Å²) in [6.45, 7) is 4.18. The SMILES string of the molecule is CC(C)Nc1nc2ccccn2c1-c1ccc(O)cc1. The second-order valence-electron chi connectivity index (χ2n) is 5.08. The molecule has 4 nitrogen and oxygen atoms in total. The van der Waals surface area contributed by atoms with Crippen molar-refractivity contribution in [3.8, 4) is 17.0 Å². The predicted octanol–water partition coefficient (Wildman–Crippen LogP) is 3.53. The molecule has 2 heterocycles. The quantitative estimate of drug-likeness (QED) is 0.763. The highest BCUT2D eigenvalue weighted by Gasteiger charge is 2.14. The molecular formula is C16H17N3O. The Balaban J connectivity index is 2.22. The van der Waals surface area contributed by atoms with E-state index in [0.29, 0.717) is 6.04 Å². The maximum atomic E-state index is 9.44. The second-order valence-corrected chi connectivity index (χ2v) is 5.08. The van der Waals surface area contributed by atoms with Crippen LogP contribution in [0.1, 0.15) is 13.8 Å². The van der Waals surface area contributed by atoms with Gasteiger partial charge in [-0.2, -0.15) is 0 Å². The van der Waals surface area contributed by atoms with Gasteiger partial charge in [-0.05, 0) is 50.2 Å². The van der Waals surface area contributed by atoms with Gasteiger partial charge in [-0.15, -0.1) is 0 Å². The normalized spacial score (nSPS) is 11.2. The summed E-state index contributed by atoms with van der Waals surface area (Å²) in [5.74, 6) is 1.12. The van der Waals surface area contributed by atoms with Crippen molar-refractivity contribution in [1.82, 2.24) is 9.38 Å². The van der Waals surface area contributed by atoms with E-state index >= 15 is 0 Å². The van der Waals surface area contributed by atoms with Gasteiger partial charge < -0.3 is 10.4 Å². The molecular weight excluding hydrogens is 250 g/mol. The topological polar surface area (TPSA) is 49.6 Å². The van der Waals surface area contributed by atoms with Crippen molar-refractivity contribution < 1.29 is 5.11 Å². The van der Waals surface area contributed by atoms with E-state index in [9.17, 15) is 5.11 Å². The first-order valence-electron chi connectivity index (χ1n) is 6.68. The van der Waals surface area contributed by atoms with Crippen LogP contribution < -0.4 is 5.32 Å². The summed E-state index contributed by atoms with van der Waals surface area (Å²) in [6.07, 6.45) is 2.00. The molecule has 0 atom stereocenters. The molecule has 0 amide bonds. The van der Waals surface area contributed by atoms with E-state index in [1.54, 1.807) is 12.1 Å². The Morgan fingerprint density at radius 2 is 1.85 bits per heavy atom. The molecule has 3 rings (SSSR count). The largest absolute Gasteiger partial charge is 0.508 e. The van der Waals surface area contributed by atoms with Gasteiger partial charge in [0.1, 0.15) is 11.4 Å². The molecule has 0 fully saturated rings. The van der Waals surface area contributed by atoms with Crippen LogP contribution in [0.4, 0.5) is 5.82 Å². The van der Waals surface area contributed by atoms with Crippen LogP contribution in [0.25, 0.3) is 16.9 Å². The van der Waals surface area contributed by atoms with Gasteiger partial charge in [0, 0.05) is 17.8 Å². The highest BCUT2D eigenvalue weighted by Crippen LogP contribution is 2.30. The smallest absolute Gasteiger partial charge is 0.153 e. The lowest BCUT2D eigenvalue weighted by molar-refractivity contribution is 0.475. The van der Waals surface area contributed by atoms with E-state index in [-0.39, 0.29) is 5.75 Å². The number of aromatic nitrogens is 2. The fourth-order valence-corrected chi connectivity index (χ4v) is 2.27. The Labute approximate surface area is 117 Å². The molecule has 0 unspecified atom stereocenters. The zero-order valence-corrected chi connectivity index (χ0v) is 11.5. The summed E-state index contributed by atoms with van der Waals surface area (Å²) in [7, 11) is 0. The van der Waals surface area contributed by atoms with E-state index in [4.69, 9.17) is 0 Å². The summed E-state index contributed by atoms with van der Waals surface area (Å²) < 4.78 is 2.05. The highest BCUT2D eigenvalue weighted by molar-refractivity contribution is 5.77. The molecule has 20 heavy (non-hydrogen) atoms. The molecule has 1 aromatic carbocycles. The van der Waals surface area contributed by atoms with Gasteiger partial charge in [0.25, 0.3) is 0 Å². The molecule has 0 saturated carbocycles. The minimum absolute atomic E-state index is 0.265. The molecule has 3 aromatic rings. The standard InChI is InChI=1S/C16H17N3O/c1-11(2)17-16-15(12-6-8-13(20)9-7-12)19-10-4-3-5-14(19)18-16/h3-11,17,20H,1-2H3. The van der Waals surface area contributed by atoms with Gasteiger partial charge in [0.15, 0.2) is 5.82 Å². The minimum Gasteiger partial charge on any atom is -0.508 e. The number of hydrogen-bond acceptors (Lipinski definition) is 3. The second kappa shape index (κ2) is 4.89. The summed E-state index contributed by atoms with van der Waals surface area (Å²) in [5, 5.41) is 12.8. The number of fused-ring (bicyclic) bond motifs is 1. The molecule has 0 spiro atoms. The number of rotatable bonds is 3. The van der Waals surface area contributed by atoms with Gasteiger partial charge in [-0.3, -0.25) is 4.40 Å². The van der Waals surface area contributed by atoms with Crippen molar-refractivity contribution in [2.24, 2.45) is 0 Å². The maximum Gasteiger partial charge on any atom is 0.153 e. The number of phenolic OH excluding ortho intramolecular Hbond substituents is 1. The molecule has 0 aliphatic carbocycles. The first kappa shape index (κ1) is 12.5. The van der Waals surface area contributed by atoms with Crippen LogP contribution >= 0.6 is 0 Å². The third kappa shape index (κ3) is 2.20. The number of pyridine rings is 1. The summed E-state index contributed by atoms with van der Waals surface area (Å²) >= 11 is 0. The molecule has 2 aromatic heterocycles. The summed E-state index contributed by atoms with van der Waals surface area (Å²) in [4.78, 5) is 4.64. The van der Waals surface area contributed by atoms with Crippen molar-refractivity contribution in [3.05, 3.63) is 48.7 Å². The minimum atomic E-state index is 0.265. The number of benzene rings is 1. The number of anilines is 1. The maximum absolute atomic E-state index is 9.44. The predicted molar refractivity (Wildman–Crippen MR) is 81.1 cm³/mol. The van der Waals surface area contributed by atoms with Crippen LogP contribution in [-0.2, 0) is 0 Å². The zero-order chi connectivity index (χ0) is 14.1. The first-order valence-corrected chi connectivity index (χ1v) is 6.68. The third-order valence-corrected chi connectivity index (χ3v) is 3.10. The fourth-order valence-electron chi connectivity index (χ4n) is 2.27. The van der Waals surface area contributed by atoms with Crippen molar-refractivity contribution in [1.29, 1.82) is 0 Å². The van der Waals surface area contributed by atoms with Crippen molar-refractivity contribution in [2.45, 2.75) is 19.9 Å². The van der Waals surface area contributed by atoms with Crippen LogP contribution in [0.15, 0.2) is 48.7 Å². The lowest BCUT2D eigenvalue weighted by Gasteiger charge is -2.10. The number of imidazole rings is 1. The van der Waals surface area contributed by atoms with Crippen molar-refractivity contribution in [3.63, 3.8) is 0 Å². The lowest BCUT2D eigenvalue weighted by atomic mass is 10.1. The van der Waals surface area contributed by atoms with E-state index in [1.165, 1.54) is 0 Å². The van der Waals surface area contributed by atoms with Crippen LogP contribution in [-0.4, -0.2) is 20.5 Å². The van der Waals surface area contributed by atoms with Gasteiger partial charge >= 0.3 is 0 Å². The monoisotopic (exact) mass is 267 g/mol. The summed E-state index contributed by atoms with van der Waals surface area (Å²) in [6, 6.07) is 13.4. The lowest BCUT2D eigenvalue weighted by Crippen LogP contribution is -2.10. The Morgan fingerprint density at radius 1 is 1.10 bits per heavy atom. The van der Waals surface area contributed by atoms with Crippen LogP contribution in [0.3, 0.4) is 0 Å². The fraction of sp³-hybridized carbons (Fsp3) is 0.188. The molecule has 0 aliphatic heterocycles. The molecule has 0 radical (unpaired) electrons. The Hall–Kier alpha value is -2.49. The van der Waals surface area contributed by atoms with Crippen molar-refractivity contribution in [2.75, 3.05) is 5.32 Å². The molecule has 0 aliphatic rings. The molecule has 2 N–H and O–H groups in total. The van der Waals surface area contributed by atoms with Crippen LogP contribution in [0.5, 0.6) is 5.75 Å². The van der Waals surface area contributed by atoms with Gasteiger partial charge in [0.05, 0.1) is 5.69 Å². The Kier molecular flexibility index (Phi) is 3.06. The van der Waals surface area contributed by atoms with Gasteiger partial charge in [0.2, 0.25) is 0 Å². The average molecular weight is 267 g/mol. The third-order valence-electron chi connectivity index (χ3n) is 3.10. The number of nitrogens with zero attached hydrogens (tertiary/aromatic N) is 2. The molecule has 102 valence electrons. The number of hydrogen-bond donors (Lipinski definition) is 2. The first-order chi connectivity index (χ1) is 9.65. The van der Waals surface area contributed by atoms with Gasteiger partial charge in [-0.1, -0.05) is 6.07 Å². The Bertz CT molecular complexity index is 729. The average Bonchev–Trinajstić information content (AvgIpc) is 2.77. The van der Waals surface area contributed by atoms with Crippen molar-refractivity contribution >= 4 is 11.5 Å². The highest BCUT2D eigenvalue weighted by atomic mass is 16.3.